The van der Waals surface area contributed by atoms with Crippen LogP contribution in [0.25, 0.3) is 0 Å². The Morgan fingerprint density at radius 2 is 0.829 bits per heavy atom. The minimum Gasteiger partial charge on any atom is -0.463 e. The molecule has 0 saturated carbocycles. The highest BCUT2D eigenvalue weighted by atomic mass is 16.6. The molecule has 0 aromatic heterocycles. The van der Waals surface area contributed by atoms with Crippen LogP contribution in [0.5, 0.6) is 0 Å². The van der Waals surface area contributed by atoms with Crippen molar-refractivity contribution in [2.24, 2.45) is 0 Å². The highest BCUT2D eigenvalue weighted by Crippen LogP contribution is 2.27. The number of rotatable bonds is 25. The maximum absolute atomic E-state index is 13.2. The van der Waals surface area contributed by atoms with Crippen molar-refractivity contribution in [3.63, 3.8) is 0 Å². The molecule has 0 aromatic carbocycles. The summed E-state index contributed by atoms with van der Waals surface area (Å²) < 4.78 is 21.3. The van der Waals surface area contributed by atoms with Gasteiger partial charge in [0.15, 0.2) is 0 Å². The number of carbonyl (C=O) groups excluding carboxylic acids is 4. The molecular weight excluding hydrogens is 524 g/mol. The van der Waals surface area contributed by atoms with Crippen molar-refractivity contribution in [2.75, 3.05) is 0 Å². The first-order chi connectivity index (χ1) is 19.4. The summed E-state index contributed by atoms with van der Waals surface area (Å²) in [6.07, 6.45) is 15.5. The fraction of sp³-hybridized carbons (Fsp3) is 0.879. The Morgan fingerprint density at radius 1 is 0.488 bits per heavy atom. The van der Waals surface area contributed by atoms with Crippen molar-refractivity contribution >= 4 is 23.9 Å². The molecule has 0 saturated heterocycles. The van der Waals surface area contributed by atoms with E-state index in [4.69, 9.17) is 18.9 Å². The van der Waals surface area contributed by atoms with Crippen molar-refractivity contribution in [1.29, 1.82) is 0 Å². The first-order valence-corrected chi connectivity index (χ1v) is 16.2. The van der Waals surface area contributed by atoms with Gasteiger partial charge < -0.3 is 18.9 Å². The summed E-state index contributed by atoms with van der Waals surface area (Å²) >= 11 is 0. The highest BCUT2D eigenvalue weighted by molar-refractivity contribution is 5.92. The van der Waals surface area contributed by atoms with E-state index in [1.165, 1.54) is 70.6 Å². The molecule has 8 nitrogen and oxygen atoms in total. The molecule has 0 unspecified atom stereocenters. The van der Waals surface area contributed by atoms with E-state index in [9.17, 15) is 19.2 Å². The SMILES string of the molecule is CCCCCCCCCCCCCCCCCC(=O)OC(CC(=O)OC(C)C)(CC(=O)OC(C)C)C(=O)OC(C)C. The van der Waals surface area contributed by atoms with Gasteiger partial charge in [0.1, 0.15) is 0 Å². The molecule has 0 amide bonds. The van der Waals surface area contributed by atoms with Crippen molar-refractivity contribution in [3.05, 3.63) is 0 Å². The lowest BCUT2D eigenvalue weighted by atomic mass is 9.94. The second kappa shape index (κ2) is 23.4. The van der Waals surface area contributed by atoms with Crippen LogP contribution in [0.4, 0.5) is 0 Å². The average Bonchev–Trinajstić information content (AvgIpc) is 2.84. The maximum atomic E-state index is 13.2. The summed E-state index contributed by atoms with van der Waals surface area (Å²) in [7, 11) is 0. The van der Waals surface area contributed by atoms with Gasteiger partial charge in [-0.15, -0.1) is 0 Å². The Labute approximate surface area is 250 Å². The largest absolute Gasteiger partial charge is 0.463 e. The Hall–Kier alpha value is -2.12. The average molecular weight is 585 g/mol. The Kier molecular flexibility index (Phi) is 22.2. The number of hydrogen-bond donors (Lipinski definition) is 0. The van der Waals surface area contributed by atoms with Gasteiger partial charge >= 0.3 is 23.9 Å². The van der Waals surface area contributed by atoms with Gasteiger partial charge in [-0.1, -0.05) is 96.8 Å². The van der Waals surface area contributed by atoms with Gasteiger partial charge in [0.25, 0.3) is 0 Å². The van der Waals surface area contributed by atoms with Crippen LogP contribution >= 0.6 is 0 Å². The third-order valence-electron chi connectivity index (χ3n) is 6.60. The predicted molar refractivity (Wildman–Crippen MR) is 161 cm³/mol. The summed E-state index contributed by atoms with van der Waals surface area (Å²) in [4.78, 5) is 51.2. The molecule has 0 N–H and O–H groups in total. The zero-order valence-electron chi connectivity index (χ0n) is 27.2. The first kappa shape index (κ1) is 38.9. The van der Waals surface area contributed by atoms with E-state index < -0.39 is 60.6 Å². The van der Waals surface area contributed by atoms with Crippen LogP contribution in [0.1, 0.15) is 164 Å². The van der Waals surface area contributed by atoms with Gasteiger partial charge in [0, 0.05) is 6.42 Å². The van der Waals surface area contributed by atoms with Gasteiger partial charge in [-0.2, -0.15) is 0 Å². The summed E-state index contributed by atoms with van der Waals surface area (Å²) in [5.74, 6) is -3.15. The van der Waals surface area contributed by atoms with E-state index >= 15 is 0 Å². The lowest BCUT2D eigenvalue weighted by Gasteiger charge is -2.31. The van der Waals surface area contributed by atoms with Gasteiger partial charge in [-0.05, 0) is 48.0 Å². The van der Waals surface area contributed by atoms with Gasteiger partial charge in [-0.3, -0.25) is 14.4 Å². The van der Waals surface area contributed by atoms with E-state index in [-0.39, 0.29) is 6.42 Å². The minimum atomic E-state index is -2.14. The number of ether oxygens (including phenoxy) is 4. The number of unbranched alkanes of at least 4 members (excludes halogenated alkanes) is 14. The Bertz CT molecular complexity index is 705. The van der Waals surface area contributed by atoms with Crippen LogP contribution in [-0.4, -0.2) is 47.8 Å². The molecule has 41 heavy (non-hydrogen) atoms. The molecule has 0 heterocycles. The fourth-order valence-electron chi connectivity index (χ4n) is 4.63. The second-order valence-corrected chi connectivity index (χ2v) is 12.1. The highest BCUT2D eigenvalue weighted by Gasteiger charge is 2.49. The van der Waals surface area contributed by atoms with E-state index in [1.54, 1.807) is 41.5 Å². The monoisotopic (exact) mass is 584 g/mol. The zero-order valence-corrected chi connectivity index (χ0v) is 27.2. The quantitative estimate of drug-likeness (QED) is 0.0601. The van der Waals surface area contributed by atoms with Crippen LogP contribution in [0.2, 0.25) is 0 Å². The number of carbonyl (C=O) groups is 4. The third-order valence-corrected chi connectivity index (χ3v) is 6.60. The predicted octanol–water partition coefficient (Wildman–Crippen LogP) is 8.16. The molecule has 0 radical (unpaired) electrons. The summed E-state index contributed by atoms with van der Waals surface area (Å²) in [5.41, 5.74) is -2.14. The smallest absolute Gasteiger partial charge is 0.352 e. The summed E-state index contributed by atoms with van der Waals surface area (Å²) in [6.45, 7) is 12.2. The molecule has 0 aliphatic heterocycles. The standard InChI is InChI=1S/C33H60O8/c1-8-9-10-11-12-13-14-15-16-17-18-19-20-21-22-23-29(34)41-33(32(37)40-28(6)7,24-30(35)38-26(2)3)25-31(36)39-27(4)5/h26-28H,8-25H2,1-7H3. The number of hydrogen-bond acceptors (Lipinski definition) is 8. The second-order valence-electron chi connectivity index (χ2n) is 12.1. The third kappa shape index (κ3) is 21.3. The lowest BCUT2D eigenvalue weighted by Crippen LogP contribution is -2.49. The Morgan fingerprint density at radius 3 is 1.17 bits per heavy atom. The molecule has 8 heteroatoms. The fourth-order valence-corrected chi connectivity index (χ4v) is 4.63. The van der Waals surface area contributed by atoms with Crippen LogP contribution in [0, 0.1) is 0 Å². The summed E-state index contributed by atoms with van der Waals surface area (Å²) in [6, 6.07) is 0. The van der Waals surface area contributed by atoms with Gasteiger partial charge in [0.05, 0.1) is 31.2 Å². The van der Waals surface area contributed by atoms with Crippen molar-refractivity contribution in [3.8, 4) is 0 Å². The van der Waals surface area contributed by atoms with Crippen molar-refractivity contribution in [2.45, 2.75) is 188 Å². The normalized spacial score (nSPS) is 11.7. The molecule has 0 bridgehead atoms. The van der Waals surface area contributed by atoms with Crippen molar-refractivity contribution in [1.82, 2.24) is 0 Å². The number of esters is 4. The van der Waals surface area contributed by atoms with E-state index in [1.807, 2.05) is 0 Å². The minimum absolute atomic E-state index is 0.0768. The molecule has 0 aliphatic rings. The van der Waals surface area contributed by atoms with Gasteiger partial charge in [0.2, 0.25) is 5.60 Å². The van der Waals surface area contributed by atoms with E-state index in [2.05, 4.69) is 6.92 Å². The molecule has 0 aliphatic carbocycles. The maximum Gasteiger partial charge on any atom is 0.352 e. The lowest BCUT2D eigenvalue weighted by molar-refractivity contribution is -0.194. The van der Waals surface area contributed by atoms with E-state index in [0.717, 1.165) is 19.3 Å². The molecule has 0 rings (SSSR count). The summed E-state index contributed by atoms with van der Waals surface area (Å²) in [5, 5.41) is 0. The molecule has 0 atom stereocenters. The molecular formula is C33H60O8. The van der Waals surface area contributed by atoms with Crippen LogP contribution in [-0.2, 0) is 38.1 Å². The zero-order chi connectivity index (χ0) is 31.1. The topological polar surface area (TPSA) is 105 Å². The van der Waals surface area contributed by atoms with Crippen LogP contribution in [0.15, 0.2) is 0 Å². The van der Waals surface area contributed by atoms with Crippen LogP contribution in [0.3, 0.4) is 0 Å². The first-order valence-electron chi connectivity index (χ1n) is 16.2. The molecule has 0 aromatic rings. The molecule has 240 valence electrons. The van der Waals surface area contributed by atoms with E-state index in [0.29, 0.717) is 6.42 Å². The van der Waals surface area contributed by atoms with Crippen molar-refractivity contribution < 1.29 is 38.1 Å². The Balaban J connectivity index is 4.74. The van der Waals surface area contributed by atoms with Crippen LogP contribution < -0.4 is 0 Å². The molecule has 0 fully saturated rings. The molecule has 0 spiro atoms. The van der Waals surface area contributed by atoms with Gasteiger partial charge in [-0.25, -0.2) is 4.79 Å².